The number of piperidine rings is 3. The topological polar surface area (TPSA) is 29.5 Å². The number of esters is 1. The van der Waals surface area contributed by atoms with Gasteiger partial charge in [0.15, 0.2) is 0 Å². The zero-order chi connectivity index (χ0) is 16.8. The maximum absolute atomic E-state index is 13.2. The largest absolute Gasteiger partial charge is 0.460 e. The molecule has 3 heteroatoms. The van der Waals surface area contributed by atoms with Gasteiger partial charge in [0, 0.05) is 6.54 Å². The molecule has 3 aliphatic heterocycles. The highest BCUT2D eigenvalue weighted by Gasteiger charge is 2.39. The van der Waals surface area contributed by atoms with Crippen LogP contribution in [0.15, 0.2) is 48.5 Å². The monoisotopic (exact) mass is 333 g/mol. The minimum atomic E-state index is -0.281. The van der Waals surface area contributed by atoms with Crippen molar-refractivity contribution in [1.29, 1.82) is 0 Å². The van der Waals surface area contributed by atoms with Crippen molar-refractivity contribution >= 4 is 5.97 Å². The van der Waals surface area contributed by atoms with Crippen molar-refractivity contribution in [2.24, 2.45) is 5.92 Å². The van der Waals surface area contributed by atoms with Gasteiger partial charge in [0.2, 0.25) is 0 Å². The molecule has 0 saturated carbocycles. The summed E-state index contributed by atoms with van der Waals surface area (Å²) in [5.74, 6) is 0.193. The summed E-state index contributed by atoms with van der Waals surface area (Å²) in [6.07, 6.45) is 3.29. The summed E-state index contributed by atoms with van der Waals surface area (Å²) >= 11 is 0. The molecule has 2 aromatic carbocycles. The Balaban J connectivity index is 1.47. The Labute approximate surface area is 148 Å². The van der Waals surface area contributed by atoms with Gasteiger partial charge in [0.1, 0.15) is 12.0 Å². The number of benzene rings is 2. The third-order valence-corrected chi connectivity index (χ3v) is 6.21. The fourth-order valence-corrected chi connectivity index (χ4v) is 4.84. The fraction of sp³-hybridized carbons (Fsp3) is 0.409. The quantitative estimate of drug-likeness (QED) is 0.789. The second kappa shape index (κ2) is 5.99. The van der Waals surface area contributed by atoms with Crippen LogP contribution in [0.5, 0.6) is 0 Å². The van der Waals surface area contributed by atoms with Crippen LogP contribution in [0.1, 0.15) is 41.0 Å². The molecule has 1 aliphatic carbocycles. The van der Waals surface area contributed by atoms with Crippen LogP contribution in [0.25, 0.3) is 0 Å². The number of carbonyl (C=O) groups excluding carboxylic acids is 1. The van der Waals surface area contributed by atoms with Gasteiger partial charge in [0.25, 0.3) is 0 Å². The lowest BCUT2D eigenvalue weighted by Crippen LogP contribution is -2.52. The zero-order valence-corrected chi connectivity index (χ0v) is 14.4. The summed E-state index contributed by atoms with van der Waals surface area (Å²) in [5, 5.41) is 0. The predicted molar refractivity (Wildman–Crippen MR) is 96.6 cm³/mol. The number of hydrogen-bond donors (Lipinski definition) is 0. The zero-order valence-electron chi connectivity index (χ0n) is 14.4. The highest BCUT2D eigenvalue weighted by Crippen LogP contribution is 2.38. The van der Waals surface area contributed by atoms with Gasteiger partial charge in [0.05, 0.1) is 0 Å². The van der Waals surface area contributed by atoms with Gasteiger partial charge in [-0.3, -0.25) is 9.69 Å². The molecule has 3 nitrogen and oxygen atoms in total. The Hall–Kier alpha value is -2.13. The number of ether oxygens (including phenoxy) is 1. The Morgan fingerprint density at radius 1 is 0.920 bits per heavy atom. The lowest BCUT2D eigenvalue weighted by atomic mass is 9.78. The molecular formula is C22H23NO2. The summed E-state index contributed by atoms with van der Waals surface area (Å²) in [7, 11) is 0. The van der Waals surface area contributed by atoms with E-state index in [1.165, 1.54) is 11.1 Å². The van der Waals surface area contributed by atoms with E-state index < -0.39 is 0 Å². The first kappa shape index (κ1) is 15.2. The van der Waals surface area contributed by atoms with Gasteiger partial charge in [-0.15, -0.1) is 0 Å². The van der Waals surface area contributed by atoms with Crippen LogP contribution in [0.4, 0.5) is 0 Å². The van der Waals surface area contributed by atoms with Crippen molar-refractivity contribution in [3.05, 3.63) is 70.8 Å². The van der Waals surface area contributed by atoms with Crippen molar-refractivity contribution in [1.82, 2.24) is 4.90 Å². The second-order valence-electron chi connectivity index (χ2n) is 7.62. The number of rotatable bonds is 2. The van der Waals surface area contributed by atoms with Crippen molar-refractivity contribution in [3.63, 3.8) is 0 Å². The number of nitrogens with zero attached hydrogens (tertiary/aromatic N) is 1. The summed E-state index contributed by atoms with van der Waals surface area (Å²) in [4.78, 5) is 15.7. The van der Waals surface area contributed by atoms with Crippen molar-refractivity contribution < 1.29 is 9.53 Å². The van der Waals surface area contributed by atoms with Crippen molar-refractivity contribution in [2.45, 2.75) is 31.3 Å². The van der Waals surface area contributed by atoms with E-state index in [9.17, 15) is 4.79 Å². The first-order valence-electron chi connectivity index (χ1n) is 9.38. The second-order valence-corrected chi connectivity index (χ2v) is 7.62. The van der Waals surface area contributed by atoms with Gasteiger partial charge < -0.3 is 4.74 Å². The molecule has 0 amide bonds. The van der Waals surface area contributed by atoms with E-state index in [0.717, 1.165) is 50.0 Å². The predicted octanol–water partition coefficient (Wildman–Crippen LogP) is 3.36. The van der Waals surface area contributed by atoms with E-state index in [0.29, 0.717) is 5.92 Å². The smallest absolute Gasteiger partial charge is 0.318 e. The minimum Gasteiger partial charge on any atom is -0.460 e. The van der Waals surface area contributed by atoms with Gasteiger partial charge in [-0.05, 0) is 60.5 Å². The van der Waals surface area contributed by atoms with Crippen LogP contribution in [0, 0.1) is 5.92 Å². The van der Waals surface area contributed by atoms with E-state index in [2.05, 4.69) is 41.3 Å². The molecule has 4 aliphatic rings. The summed E-state index contributed by atoms with van der Waals surface area (Å²) in [6, 6.07) is 16.6. The van der Waals surface area contributed by atoms with Gasteiger partial charge in [-0.2, -0.15) is 0 Å². The van der Waals surface area contributed by atoms with Gasteiger partial charge in [-0.25, -0.2) is 0 Å². The number of hydrogen-bond acceptors (Lipinski definition) is 3. The molecule has 1 atom stereocenters. The molecular weight excluding hydrogens is 310 g/mol. The van der Waals surface area contributed by atoms with Gasteiger partial charge >= 0.3 is 5.97 Å². The molecule has 25 heavy (non-hydrogen) atoms. The normalized spacial score (nSPS) is 27.4. The fourth-order valence-electron chi connectivity index (χ4n) is 4.84. The van der Waals surface area contributed by atoms with E-state index >= 15 is 0 Å². The SMILES string of the molecule is O=C(OC1CN2CCC1CC2)C1c2ccccc2Cc2ccccc21. The number of carbonyl (C=O) groups is 1. The molecule has 0 spiro atoms. The van der Waals surface area contributed by atoms with E-state index in [1.54, 1.807) is 0 Å². The highest BCUT2D eigenvalue weighted by atomic mass is 16.5. The average molecular weight is 333 g/mol. The van der Waals surface area contributed by atoms with Crippen molar-refractivity contribution in [3.8, 4) is 0 Å². The molecule has 2 aromatic rings. The van der Waals surface area contributed by atoms with Crippen LogP contribution >= 0.6 is 0 Å². The third kappa shape index (κ3) is 2.58. The maximum Gasteiger partial charge on any atom is 0.318 e. The van der Waals surface area contributed by atoms with Crippen LogP contribution < -0.4 is 0 Å². The average Bonchev–Trinajstić information content (AvgIpc) is 2.67. The molecule has 6 rings (SSSR count). The van der Waals surface area contributed by atoms with E-state index in [4.69, 9.17) is 4.74 Å². The summed E-state index contributed by atoms with van der Waals surface area (Å²) < 4.78 is 6.10. The van der Waals surface area contributed by atoms with E-state index in [1.807, 2.05) is 12.1 Å². The molecule has 3 heterocycles. The third-order valence-electron chi connectivity index (χ3n) is 6.21. The Morgan fingerprint density at radius 2 is 1.52 bits per heavy atom. The molecule has 3 saturated heterocycles. The Bertz CT molecular complexity index is 762. The molecule has 0 aromatic heterocycles. The number of fused-ring (bicyclic) bond motifs is 5. The van der Waals surface area contributed by atoms with Gasteiger partial charge in [-0.1, -0.05) is 48.5 Å². The molecule has 1 unspecified atom stereocenters. The standard InChI is InChI=1S/C22H23NO2/c24-22(25-20-14-23-11-9-15(20)10-12-23)21-18-7-3-1-5-16(18)13-17-6-2-4-8-19(17)21/h1-8,15,20-21H,9-14H2. The van der Waals surface area contributed by atoms with Crippen LogP contribution in [-0.4, -0.2) is 36.6 Å². The summed E-state index contributed by atoms with van der Waals surface area (Å²) in [6.45, 7) is 3.23. The first-order valence-corrected chi connectivity index (χ1v) is 9.38. The lowest BCUT2D eigenvalue weighted by Gasteiger charge is -2.44. The van der Waals surface area contributed by atoms with E-state index in [-0.39, 0.29) is 18.0 Å². The summed E-state index contributed by atoms with van der Waals surface area (Å²) in [5.41, 5.74) is 4.73. The lowest BCUT2D eigenvalue weighted by molar-refractivity contribution is -0.159. The molecule has 2 bridgehead atoms. The van der Waals surface area contributed by atoms with Crippen LogP contribution in [0.2, 0.25) is 0 Å². The Morgan fingerprint density at radius 3 is 2.08 bits per heavy atom. The van der Waals surface area contributed by atoms with Crippen LogP contribution in [-0.2, 0) is 16.0 Å². The molecule has 3 fully saturated rings. The minimum absolute atomic E-state index is 0.0660. The molecule has 0 N–H and O–H groups in total. The molecule has 0 radical (unpaired) electrons. The maximum atomic E-state index is 13.2. The first-order chi connectivity index (χ1) is 12.3. The highest BCUT2D eigenvalue weighted by molar-refractivity contribution is 5.84. The van der Waals surface area contributed by atoms with Crippen molar-refractivity contribution in [2.75, 3.05) is 19.6 Å². The molecule has 128 valence electrons. The Kier molecular flexibility index (Phi) is 3.63. The van der Waals surface area contributed by atoms with Crippen LogP contribution in [0.3, 0.4) is 0 Å².